The Morgan fingerprint density at radius 1 is 1.15 bits per heavy atom. The van der Waals surface area contributed by atoms with E-state index in [4.69, 9.17) is 0 Å². The van der Waals surface area contributed by atoms with Crippen molar-refractivity contribution >= 4 is 28.2 Å². The molecular weight excluding hydrogens is 356 g/mol. The predicted molar refractivity (Wildman–Crippen MR) is 96.2 cm³/mol. The van der Waals surface area contributed by atoms with Crippen LogP contribution in [0, 0.1) is 10.1 Å². The first kappa shape index (κ1) is 17.4. The molecule has 3 saturated heterocycles. The van der Waals surface area contributed by atoms with E-state index in [1.54, 1.807) is 4.90 Å². The van der Waals surface area contributed by atoms with E-state index >= 15 is 0 Å². The molecule has 2 amide bonds. The summed E-state index contributed by atoms with van der Waals surface area (Å²) in [6.45, 7) is 1.97. The van der Waals surface area contributed by atoms with Crippen molar-refractivity contribution in [3.63, 3.8) is 0 Å². The van der Waals surface area contributed by atoms with Gasteiger partial charge in [-0.05, 0) is 38.2 Å². The standard InChI is InChI=1S/C17H22N4O4S/c22-16(19-9-7-11-3-4-12(10-19)18-11)13-2-1-8-20(13)17(23)14-5-6-15(26-14)21(24)25/h5-6,11-13,18H,1-4,7-10H2. The molecule has 3 atom stereocenters. The second kappa shape index (κ2) is 6.96. The van der Waals surface area contributed by atoms with E-state index in [0.717, 1.165) is 37.1 Å². The van der Waals surface area contributed by atoms with Crippen molar-refractivity contribution in [1.29, 1.82) is 0 Å². The van der Waals surface area contributed by atoms with Crippen LogP contribution in [0.5, 0.6) is 0 Å². The highest BCUT2D eigenvalue weighted by Gasteiger charge is 2.40. The molecule has 8 nitrogen and oxygen atoms in total. The van der Waals surface area contributed by atoms with E-state index < -0.39 is 11.0 Å². The number of likely N-dealkylation sites (tertiary alicyclic amines) is 2. The van der Waals surface area contributed by atoms with E-state index in [9.17, 15) is 19.7 Å². The first-order chi connectivity index (χ1) is 12.5. The molecule has 3 aliphatic rings. The molecule has 2 bridgehead atoms. The van der Waals surface area contributed by atoms with Crippen molar-refractivity contribution in [3.8, 4) is 0 Å². The minimum atomic E-state index is -0.493. The molecule has 4 heterocycles. The zero-order valence-electron chi connectivity index (χ0n) is 14.4. The molecule has 4 rings (SSSR count). The molecule has 3 unspecified atom stereocenters. The fraction of sp³-hybridized carbons (Fsp3) is 0.647. The maximum Gasteiger partial charge on any atom is 0.324 e. The largest absolute Gasteiger partial charge is 0.339 e. The predicted octanol–water partition coefficient (Wildman–Crippen LogP) is 1.61. The minimum Gasteiger partial charge on any atom is -0.339 e. The monoisotopic (exact) mass is 378 g/mol. The number of thiophene rings is 1. The Hall–Kier alpha value is -2.00. The molecule has 0 aliphatic carbocycles. The van der Waals surface area contributed by atoms with Crippen LogP contribution < -0.4 is 5.32 Å². The van der Waals surface area contributed by atoms with Crippen LogP contribution in [0.1, 0.15) is 41.8 Å². The normalized spacial score (nSPS) is 28.2. The van der Waals surface area contributed by atoms with Crippen LogP contribution in [0.4, 0.5) is 5.00 Å². The highest BCUT2D eigenvalue weighted by molar-refractivity contribution is 7.17. The quantitative estimate of drug-likeness (QED) is 0.637. The van der Waals surface area contributed by atoms with Crippen molar-refractivity contribution in [2.75, 3.05) is 19.6 Å². The van der Waals surface area contributed by atoms with Crippen molar-refractivity contribution in [3.05, 3.63) is 27.1 Å². The van der Waals surface area contributed by atoms with Gasteiger partial charge in [0, 0.05) is 37.8 Å². The van der Waals surface area contributed by atoms with Crippen LogP contribution in [-0.4, -0.2) is 64.3 Å². The van der Waals surface area contributed by atoms with Crippen LogP contribution in [0.3, 0.4) is 0 Å². The maximum absolute atomic E-state index is 13.1. The highest BCUT2D eigenvalue weighted by atomic mass is 32.1. The van der Waals surface area contributed by atoms with Gasteiger partial charge in [0.25, 0.3) is 5.91 Å². The lowest BCUT2D eigenvalue weighted by Crippen LogP contribution is -2.49. The van der Waals surface area contributed by atoms with Gasteiger partial charge in [-0.3, -0.25) is 19.7 Å². The summed E-state index contributed by atoms with van der Waals surface area (Å²) >= 11 is 0.873. The van der Waals surface area contributed by atoms with Gasteiger partial charge in [-0.25, -0.2) is 0 Å². The van der Waals surface area contributed by atoms with Gasteiger partial charge in [-0.1, -0.05) is 11.3 Å². The Balaban J connectivity index is 1.47. The van der Waals surface area contributed by atoms with Crippen LogP contribution in [0.2, 0.25) is 0 Å². The number of rotatable bonds is 3. The van der Waals surface area contributed by atoms with Gasteiger partial charge in [-0.2, -0.15) is 0 Å². The van der Waals surface area contributed by atoms with E-state index in [1.165, 1.54) is 18.6 Å². The molecule has 0 spiro atoms. The first-order valence-corrected chi connectivity index (χ1v) is 9.94. The van der Waals surface area contributed by atoms with Gasteiger partial charge in [0.05, 0.1) is 9.80 Å². The zero-order chi connectivity index (χ0) is 18.3. The summed E-state index contributed by atoms with van der Waals surface area (Å²) in [6.07, 6.45) is 4.68. The summed E-state index contributed by atoms with van der Waals surface area (Å²) < 4.78 is 0. The number of amides is 2. The Morgan fingerprint density at radius 2 is 1.96 bits per heavy atom. The molecular formula is C17H22N4O4S. The van der Waals surface area contributed by atoms with Gasteiger partial charge in [0.2, 0.25) is 5.91 Å². The van der Waals surface area contributed by atoms with Crippen LogP contribution in [-0.2, 0) is 4.79 Å². The molecule has 9 heteroatoms. The van der Waals surface area contributed by atoms with Crippen molar-refractivity contribution in [2.24, 2.45) is 0 Å². The number of carbonyl (C=O) groups excluding carboxylic acids is 2. The molecule has 1 aromatic rings. The van der Waals surface area contributed by atoms with Crippen molar-refractivity contribution < 1.29 is 14.5 Å². The highest BCUT2D eigenvalue weighted by Crippen LogP contribution is 2.29. The molecule has 140 valence electrons. The zero-order valence-corrected chi connectivity index (χ0v) is 15.2. The van der Waals surface area contributed by atoms with Gasteiger partial charge < -0.3 is 15.1 Å². The Morgan fingerprint density at radius 3 is 2.73 bits per heavy atom. The summed E-state index contributed by atoms with van der Waals surface area (Å²) in [6, 6.07) is 3.25. The molecule has 26 heavy (non-hydrogen) atoms. The maximum atomic E-state index is 13.1. The number of hydrogen-bond donors (Lipinski definition) is 1. The Labute approximate surface area is 155 Å². The fourth-order valence-corrected chi connectivity index (χ4v) is 5.08. The molecule has 0 saturated carbocycles. The van der Waals surface area contributed by atoms with Crippen molar-refractivity contribution in [2.45, 2.75) is 50.2 Å². The average molecular weight is 378 g/mol. The number of fused-ring (bicyclic) bond motifs is 2. The molecule has 3 aliphatic heterocycles. The van der Waals surface area contributed by atoms with E-state index in [-0.39, 0.29) is 16.8 Å². The first-order valence-electron chi connectivity index (χ1n) is 9.13. The molecule has 0 radical (unpaired) electrons. The molecule has 3 fully saturated rings. The number of carbonyl (C=O) groups is 2. The van der Waals surface area contributed by atoms with Gasteiger partial charge in [0.1, 0.15) is 6.04 Å². The van der Waals surface area contributed by atoms with Crippen LogP contribution >= 0.6 is 11.3 Å². The lowest BCUT2D eigenvalue weighted by molar-refractivity contribution is -0.380. The van der Waals surface area contributed by atoms with Crippen LogP contribution in [0.25, 0.3) is 0 Å². The third kappa shape index (κ3) is 3.21. The Kier molecular flexibility index (Phi) is 4.66. The van der Waals surface area contributed by atoms with E-state index in [2.05, 4.69) is 5.32 Å². The third-order valence-corrected chi connectivity index (χ3v) is 6.64. The van der Waals surface area contributed by atoms with Gasteiger partial charge in [-0.15, -0.1) is 0 Å². The number of nitrogens with one attached hydrogen (secondary N) is 1. The fourth-order valence-electron chi connectivity index (χ4n) is 4.30. The second-order valence-electron chi connectivity index (χ2n) is 7.26. The molecule has 1 N–H and O–H groups in total. The molecule has 1 aromatic heterocycles. The van der Waals surface area contributed by atoms with Crippen LogP contribution in [0.15, 0.2) is 12.1 Å². The Bertz CT molecular complexity index is 736. The lowest BCUT2D eigenvalue weighted by Gasteiger charge is -2.31. The second-order valence-corrected chi connectivity index (χ2v) is 8.32. The minimum absolute atomic E-state index is 0.0243. The summed E-state index contributed by atoms with van der Waals surface area (Å²) in [5, 5.41) is 14.4. The summed E-state index contributed by atoms with van der Waals surface area (Å²) in [5.41, 5.74) is 0. The lowest BCUT2D eigenvalue weighted by atomic mass is 10.1. The number of hydrogen-bond acceptors (Lipinski definition) is 6. The number of nitrogens with zero attached hydrogens (tertiary/aromatic N) is 3. The summed E-state index contributed by atoms with van der Waals surface area (Å²) in [5.74, 6) is -0.246. The van der Waals surface area contributed by atoms with Gasteiger partial charge in [0.15, 0.2) is 0 Å². The summed E-state index contributed by atoms with van der Waals surface area (Å²) in [4.78, 5) is 40.1. The van der Waals surface area contributed by atoms with E-state index in [1.807, 2.05) is 4.90 Å². The third-order valence-electron chi connectivity index (χ3n) is 5.62. The smallest absolute Gasteiger partial charge is 0.324 e. The van der Waals surface area contributed by atoms with Gasteiger partial charge >= 0.3 is 5.00 Å². The topological polar surface area (TPSA) is 95.8 Å². The number of nitro groups is 1. The molecule has 0 aromatic carbocycles. The summed E-state index contributed by atoms with van der Waals surface area (Å²) in [7, 11) is 0. The van der Waals surface area contributed by atoms with E-state index in [0.29, 0.717) is 36.5 Å². The average Bonchev–Trinajstić information content (AvgIpc) is 3.32. The van der Waals surface area contributed by atoms with Crippen molar-refractivity contribution in [1.82, 2.24) is 15.1 Å². The SMILES string of the molecule is O=C(C1CCCN1C(=O)c1ccc([N+](=O)[O-])s1)N1CCC2CCC(C1)N2.